The van der Waals surface area contributed by atoms with E-state index in [-0.39, 0.29) is 17.7 Å². The van der Waals surface area contributed by atoms with Gasteiger partial charge < -0.3 is 9.47 Å². The van der Waals surface area contributed by atoms with Gasteiger partial charge in [0.2, 0.25) is 0 Å². The fourth-order valence-electron chi connectivity index (χ4n) is 4.42. The molecule has 0 saturated carbocycles. The van der Waals surface area contributed by atoms with Crippen molar-refractivity contribution in [2.24, 2.45) is 11.0 Å². The van der Waals surface area contributed by atoms with E-state index in [1.807, 2.05) is 30.1 Å². The van der Waals surface area contributed by atoms with E-state index in [4.69, 9.17) is 14.6 Å². The van der Waals surface area contributed by atoms with Crippen molar-refractivity contribution in [1.29, 1.82) is 0 Å². The molecule has 4 rings (SSSR count). The molecule has 2 aromatic carbocycles. The fourth-order valence-corrected chi connectivity index (χ4v) is 4.42. The van der Waals surface area contributed by atoms with Gasteiger partial charge in [0.25, 0.3) is 0 Å². The molecule has 1 aliphatic heterocycles. The number of carbonyl (C=O) groups excluding carboxylic acids is 1. The Morgan fingerprint density at radius 3 is 2.41 bits per heavy atom. The van der Waals surface area contributed by atoms with E-state index in [2.05, 4.69) is 24.3 Å². The van der Waals surface area contributed by atoms with E-state index < -0.39 is 0 Å². The maximum Gasteiger partial charge on any atom is 0.154 e. The Morgan fingerprint density at radius 1 is 1.07 bits per heavy atom. The van der Waals surface area contributed by atoms with Crippen LogP contribution >= 0.6 is 0 Å². The molecule has 29 heavy (non-hydrogen) atoms. The van der Waals surface area contributed by atoms with E-state index >= 15 is 0 Å². The van der Waals surface area contributed by atoms with Gasteiger partial charge in [0.15, 0.2) is 5.78 Å². The van der Waals surface area contributed by atoms with Crippen LogP contribution < -0.4 is 9.47 Å². The van der Waals surface area contributed by atoms with Gasteiger partial charge in [-0.2, -0.15) is 5.10 Å². The Kier molecular flexibility index (Phi) is 5.14. The molecule has 0 saturated heterocycles. The summed E-state index contributed by atoms with van der Waals surface area (Å²) >= 11 is 0. The molecule has 1 heterocycles. The zero-order chi connectivity index (χ0) is 20.5. The molecule has 2 atom stereocenters. The van der Waals surface area contributed by atoms with Gasteiger partial charge in [-0.3, -0.25) is 9.80 Å². The van der Waals surface area contributed by atoms with Crippen LogP contribution in [-0.4, -0.2) is 30.7 Å². The van der Waals surface area contributed by atoms with Gasteiger partial charge in [0.1, 0.15) is 11.5 Å². The molecular formula is C24H26N2O3. The molecule has 0 unspecified atom stereocenters. The summed E-state index contributed by atoms with van der Waals surface area (Å²) < 4.78 is 10.7. The zero-order valence-electron chi connectivity index (χ0n) is 17.3. The largest absolute Gasteiger partial charge is 0.497 e. The van der Waals surface area contributed by atoms with E-state index in [9.17, 15) is 4.79 Å². The number of fused-ring (bicyclic) bond motifs is 3. The van der Waals surface area contributed by atoms with Gasteiger partial charge in [-0.05, 0) is 68.1 Å². The first kappa shape index (κ1) is 19.2. The van der Waals surface area contributed by atoms with Crippen molar-refractivity contribution in [2.75, 3.05) is 14.2 Å². The third kappa shape index (κ3) is 3.53. The smallest absolute Gasteiger partial charge is 0.154 e. The van der Waals surface area contributed by atoms with Crippen molar-refractivity contribution in [3.05, 3.63) is 70.9 Å². The number of carbonyl (C=O) groups is 1. The third-order valence-corrected chi connectivity index (χ3v) is 5.76. The number of rotatable bonds is 5. The second kappa shape index (κ2) is 7.74. The van der Waals surface area contributed by atoms with E-state index in [0.717, 1.165) is 35.7 Å². The Bertz CT molecular complexity index is 992. The number of ketones is 1. The van der Waals surface area contributed by atoms with Crippen LogP contribution in [0.5, 0.6) is 11.5 Å². The van der Waals surface area contributed by atoms with E-state index in [0.29, 0.717) is 0 Å². The number of ether oxygens (including phenoxy) is 2. The predicted octanol–water partition coefficient (Wildman–Crippen LogP) is 4.52. The number of nitrogens with zero attached hydrogens (tertiary/aromatic N) is 2. The first-order valence-corrected chi connectivity index (χ1v) is 9.89. The number of hydrogen-bond donors (Lipinski definition) is 0. The highest BCUT2D eigenvalue weighted by molar-refractivity contribution is 6.06. The number of hydrogen-bond acceptors (Lipinski definition) is 5. The first-order valence-electron chi connectivity index (χ1n) is 9.89. The van der Waals surface area contributed by atoms with Gasteiger partial charge in [0, 0.05) is 23.3 Å². The molecule has 150 valence electrons. The van der Waals surface area contributed by atoms with Gasteiger partial charge in [-0.25, -0.2) is 0 Å². The maximum atomic E-state index is 11.7. The molecule has 5 nitrogen and oxygen atoms in total. The molecule has 2 aliphatic rings. The summed E-state index contributed by atoms with van der Waals surface area (Å²) in [5.41, 5.74) is 5.56. The molecule has 0 spiro atoms. The molecule has 0 N–H and O–H groups in total. The fraction of sp³-hybridized carbons (Fsp3) is 0.333. The Balaban J connectivity index is 1.79. The Morgan fingerprint density at radius 2 is 1.76 bits per heavy atom. The average Bonchev–Trinajstić information content (AvgIpc) is 3.13. The van der Waals surface area contributed by atoms with Crippen molar-refractivity contribution in [3.63, 3.8) is 0 Å². The zero-order valence-corrected chi connectivity index (χ0v) is 17.3. The van der Waals surface area contributed by atoms with Gasteiger partial charge in [-0.1, -0.05) is 12.1 Å². The molecule has 2 aromatic rings. The van der Waals surface area contributed by atoms with Crippen LogP contribution in [0.4, 0.5) is 0 Å². The van der Waals surface area contributed by atoms with Crippen LogP contribution in [0.25, 0.3) is 0 Å². The second-order valence-electron chi connectivity index (χ2n) is 7.61. The summed E-state index contributed by atoms with van der Waals surface area (Å²) in [6.07, 6.45) is 3.64. The molecule has 0 fully saturated rings. The maximum absolute atomic E-state index is 11.7. The van der Waals surface area contributed by atoms with Crippen molar-refractivity contribution >= 4 is 11.5 Å². The summed E-state index contributed by atoms with van der Waals surface area (Å²) in [7, 11) is 3.36. The van der Waals surface area contributed by atoms with E-state index in [1.54, 1.807) is 27.2 Å². The van der Waals surface area contributed by atoms with Crippen LogP contribution in [0.15, 0.2) is 59.3 Å². The van der Waals surface area contributed by atoms with Crippen LogP contribution in [0, 0.1) is 5.92 Å². The molecular weight excluding hydrogens is 364 g/mol. The molecule has 0 amide bonds. The minimum absolute atomic E-state index is 0.0242. The summed E-state index contributed by atoms with van der Waals surface area (Å²) in [5.74, 6) is 1.99. The normalized spacial score (nSPS) is 20.6. The minimum atomic E-state index is 0.0242. The highest BCUT2D eigenvalue weighted by Crippen LogP contribution is 2.45. The second-order valence-corrected chi connectivity index (χ2v) is 7.61. The van der Waals surface area contributed by atoms with Gasteiger partial charge in [0.05, 0.1) is 26.0 Å². The quantitative estimate of drug-likeness (QED) is 0.705. The molecule has 5 heteroatoms. The molecule has 1 aliphatic carbocycles. The van der Waals surface area contributed by atoms with Crippen molar-refractivity contribution in [1.82, 2.24) is 5.01 Å². The Labute approximate surface area is 171 Å². The Hall–Kier alpha value is -3.08. The highest BCUT2D eigenvalue weighted by atomic mass is 16.5. The molecule has 0 aromatic heterocycles. The lowest BCUT2D eigenvalue weighted by molar-refractivity contribution is -0.112. The monoisotopic (exact) mass is 390 g/mol. The lowest BCUT2D eigenvalue weighted by Gasteiger charge is -2.31. The SMILES string of the molecule is COc1ccc([C@@H]2[C@@H]3CCc4cc(OC)ccc4C3=NN2/C(C)=C\C(C)=O)cc1. The molecule has 0 bridgehead atoms. The van der Waals surface area contributed by atoms with Gasteiger partial charge in [-0.15, -0.1) is 0 Å². The average molecular weight is 390 g/mol. The van der Waals surface area contributed by atoms with Crippen LogP contribution in [0.1, 0.15) is 43.0 Å². The topological polar surface area (TPSA) is 51.1 Å². The van der Waals surface area contributed by atoms with Crippen LogP contribution in [-0.2, 0) is 11.2 Å². The third-order valence-electron chi connectivity index (χ3n) is 5.76. The van der Waals surface area contributed by atoms with Crippen molar-refractivity contribution < 1.29 is 14.3 Å². The van der Waals surface area contributed by atoms with Gasteiger partial charge >= 0.3 is 0 Å². The summed E-state index contributed by atoms with van der Waals surface area (Å²) in [4.78, 5) is 11.7. The van der Waals surface area contributed by atoms with Crippen molar-refractivity contribution in [2.45, 2.75) is 32.7 Å². The van der Waals surface area contributed by atoms with Crippen LogP contribution in [0.2, 0.25) is 0 Å². The number of benzene rings is 2. The minimum Gasteiger partial charge on any atom is -0.497 e. The van der Waals surface area contributed by atoms with E-state index in [1.165, 1.54) is 16.7 Å². The summed E-state index contributed by atoms with van der Waals surface area (Å²) in [6.45, 7) is 3.53. The standard InChI is InChI=1S/C24H26N2O3/c1-15(13-16(2)27)26-24(17-5-8-19(28-3)9-6-17)22-11-7-18-14-20(29-4)10-12-21(18)23(22)25-26/h5-6,8-10,12-14,22,24H,7,11H2,1-4H3/b15-13-/t22-,24-/m1/s1. The van der Waals surface area contributed by atoms with Crippen molar-refractivity contribution in [3.8, 4) is 11.5 Å². The number of methoxy groups -OCH3 is 2. The highest BCUT2D eigenvalue weighted by Gasteiger charge is 2.42. The summed E-state index contributed by atoms with van der Waals surface area (Å²) in [5, 5.41) is 7.03. The first-order chi connectivity index (χ1) is 14.0. The lowest BCUT2D eigenvalue weighted by atomic mass is 9.77. The number of hydrazone groups is 1. The number of aryl methyl sites for hydroxylation is 1. The molecule has 0 radical (unpaired) electrons. The predicted molar refractivity (Wildman–Crippen MR) is 113 cm³/mol. The van der Waals surface area contributed by atoms with Crippen LogP contribution in [0.3, 0.4) is 0 Å². The number of allylic oxidation sites excluding steroid dienone is 2. The summed E-state index contributed by atoms with van der Waals surface area (Å²) in [6, 6.07) is 14.4. The lowest BCUT2D eigenvalue weighted by Crippen LogP contribution is -2.28.